The topological polar surface area (TPSA) is 8.17 Å². The second kappa shape index (κ2) is 8.91. The maximum Gasteiger partial charge on any atom is 0.127 e. The maximum atomic E-state index is 15.3. The van der Waals surface area contributed by atoms with Crippen LogP contribution in [-0.2, 0) is 5.41 Å². The number of hydrogen-bond acceptors (Lipinski definition) is 1. The molecule has 0 bridgehead atoms. The second-order valence-corrected chi connectivity index (χ2v) is 12.1. The van der Waals surface area contributed by atoms with Crippen molar-refractivity contribution >= 4 is 11.8 Å². The van der Waals surface area contributed by atoms with Crippen molar-refractivity contribution in [3.63, 3.8) is 0 Å². The van der Waals surface area contributed by atoms with E-state index in [1.54, 1.807) is 18.2 Å². The maximum absolute atomic E-state index is 15.3. The summed E-state index contributed by atoms with van der Waals surface area (Å²) >= 11 is 0. The molecule has 0 saturated heterocycles. The Balaban J connectivity index is 1.91. The van der Waals surface area contributed by atoms with Crippen molar-refractivity contribution in [2.45, 2.75) is 85.6 Å². The van der Waals surface area contributed by atoms with Crippen molar-refractivity contribution in [1.82, 2.24) is 4.57 Å². The van der Waals surface area contributed by atoms with Crippen LogP contribution in [0.3, 0.4) is 0 Å². The van der Waals surface area contributed by atoms with Crippen molar-refractivity contribution in [2.75, 3.05) is 4.90 Å². The molecule has 0 spiro atoms. The highest BCUT2D eigenvalue weighted by Gasteiger charge is 2.40. The molecule has 1 fully saturated rings. The fraction of sp³-hybridized carbons (Fsp3) is 0.484. The zero-order chi connectivity index (χ0) is 24.8. The Hall–Kier alpha value is -2.55. The van der Waals surface area contributed by atoms with Crippen LogP contribution < -0.4 is 4.90 Å². The molecule has 34 heavy (non-hydrogen) atoms. The Morgan fingerprint density at radius 1 is 0.941 bits per heavy atom. The normalized spacial score (nSPS) is 21.2. The number of rotatable bonds is 4. The van der Waals surface area contributed by atoms with Crippen LogP contribution in [-0.4, -0.2) is 10.6 Å². The van der Waals surface area contributed by atoms with Gasteiger partial charge in [-0.2, -0.15) is 0 Å². The Kier molecular flexibility index (Phi) is 6.44. The van der Waals surface area contributed by atoms with Gasteiger partial charge in [-0.1, -0.05) is 79.2 Å². The van der Waals surface area contributed by atoms with Gasteiger partial charge >= 0.3 is 0 Å². The SMILES string of the molecule is C=C/C=C\c1c(C)cc(C(C)(C)C)n1-c1cc(F)cc(N2C(C(C)(C)C)=CC3CCCCC32)c1. The second-order valence-electron chi connectivity index (χ2n) is 12.1. The molecule has 0 amide bonds. The van der Waals surface area contributed by atoms with E-state index < -0.39 is 0 Å². The molecular weight excluding hydrogens is 419 g/mol. The van der Waals surface area contributed by atoms with Crippen LogP contribution in [0.2, 0.25) is 0 Å². The van der Waals surface area contributed by atoms with Gasteiger partial charge in [0.05, 0.1) is 5.69 Å². The summed E-state index contributed by atoms with van der Waals surface area (Å²) < 4.78 is 17.6. The fourth-order valence-corrected chi connectivity index (χ4v) is 5.73. The minimum atomic E-state index is -0.190. The lowest BCUT2D eigenvalue weighted by atomic mass is 9.85. The molecule has 2 aliphatic rings. The van der Waals surface area contributed by atoms with Gasteiger partial charge in [0, 0.05) is 39.6 Å². The summed E-state index contributed by atoms with van der Waals surface area (Å²) in [5.41, 5.74) is 6.52. The third-order valence-electron chi connectivity index (χ3n) is 7.31. The number of halogens is 1. The van der Waals surface area contributed by atoms with Gasteiger partial charge in [-0.05, 0) is 61.6 Å². The standard InChI is InChI=1S/C31H41FN2/c1-9-10-14-26-21(2)16-28(30(3,4)5)33(26)24-18-23(32)19-25(20-24)34-27-15-12-11-13-22(27)17-29(34)31(6,7)8/h9-10,14,16-20,22,27H,1,11-13,15H2,2-8H3/b14-10-. The third-order valence-corrected chi connectivity index (χ3v) is 7.31. The minimum absolute atomic E-state index is 0.00227. The van der Waals surface area contributed by atoms with Gasteiger partial charge in [0.2, 0.25) is 0 Å². The van der Waals surface area contributed by atoms with Crippen molar-refractivity contribution < 1.29 is 4.39 Å². The van der Waals surface area contributed by atoms with E-state index in [-0.39, 0.29) is 16.6 Å². The lowest BCUT2D eigenvalue weighted by Gasteiger charge is -2.39. The van der Waals surface area contributed by atoms with E-state index in [0.29, 0.717) is 12.0 Å². The minimum Gasteiger partial charge on any atom is -0.341 e. The summed E-state index contributed by atoms with van der Waals surface area (Å²) in [6.07, 6.45) is 13.2. The predicted octanol–water partition coefficient (Wildman–Crippen LogP) is 8.73. The van der Waals surface area contributed by atoms with Crippen LogP contribution in [0, 0.1) is 24.1 Å². The van der Waals surface area contributed by atoms with E-state index in [1.165, 1.54) is 36.2 Å². The van der Waals surface area contributed by atoms with Gasteiger partial charge in [-0.3, -0.25) is 0 Å². The van der Waals surface area contributed by atoms with E-state index in [0.717, 1.165) is 23.5 Å². The Morgan fingerprint density at radius 3 is 2.26 bits per heavy atom. The van der Waals surface area contributed by atoms with Crippen LogP contribution in [0.25, 0.3) is 11.8 Å². The first-order valence-corrected chi connectivity index (χ1v) is 12.8. The molecule has 4 rings (SSSR count). The zero-order valence-corrected chi connectivity index (χ0v) is 22.1. The fourth-order valence-electron chi connectivity index (χ4n) is 5.73. The van der Waals surface area contributed by atoms with Gasteiger partial charge in [0.15, 0.2) is 0 Å². The quantitative estimate of drug-likeness (QED) is 0.414. The smallest absolute Gasteiger partial charge is 0.127 e. The number of fused-ring (bicyclic) bond motifs is 1. The zero-order valence-electron chi connectivity index (χ0n) is 22.1. The number of allylic oxidation sites excluding steroid dienone is 3. The van der Waals surface area contributed by atoms with Crippen molar-refractivity contribution in [1.29, 1.82) is 0 Å². The van der Waals surface area contributed by atoms with Crippen molar-refractivity contribution in [2.24, 2.45) is 11.3 Å². The molecule has 2 atom stereocenters. The Labute approximate surface area is 205 Å². The molecule has 0 N–H and O–H groups in total. The van der Waals surface area contributed by atoms with Crippen LogP contribution in [0.15, 0.2) is 54.8 Å². The van der Waals surface area contributed by atoms with Gasteiger partial charge in [-0.25, -0.2) is 4.39 Å². The summed E-state index contributed by atoms with van der Waals surface area (Å²) in [5.74, 6) is 0.365. The molecule has 2 aromatic rings. The summed E-state index contributed by atoms with van der Waals surface area (Å²) in [5, 5.41) is 0. The predicted molar refractivity (Wildman–Crippen MR) is 144 cm³/mol. The number of hydrogen-bond donors (Lipinski definition) is 0. The molecule has 1 aliphatic carbocycles. The van der Waals surface area contributed by atoms with Crippen LogP contribution in [0.4, 0.5) is 10.1 Å². The molecular formula is C31H41FN2. The van der Waals surface area contributed by atoms with E-state index in [9.17, 15) is 0 Å². The van der Waals surface area contributed by atoms with Crippen LogP contribution in [0.5, 0.6) is 0 Å². The molecule has 3 heteroatoms. The first-order valence-electron chi connectivity index (χ1n) is 12.8. The first kappa shape index (κ1) is 24.6. The van der Waals surface area contributed by atoms with Crippen molar-refractivity contribution in [3.05, 3.63) is 77.5 Å². The lowest BCUT2D eigenvalue weighted by Crippen LogP contribution is -2.38. The number of anilines is 1. The number of nitrogens with zero attached hydrogens (tertiary/aromatic N) is 2. The highest BCUT2D eigenvalue weighted by atomic mass is 19.1. The van der Waals surface area contributed by atoms with E-state index >= 15 is 4.39 Å². The van der Waals surface area contributed by atoms with Gasteiger partial charge in [0.1, 0.15) is 5.82 Å². The molecule has 1 saturated carbocycles. The lowest BCUT2D eigenvalue weighted by molar-refractivity contribution is 0.367. The van der Waals surface area contributed by atoms with E-state index in [2.05, 4.69) is 88.8 Å². The molecule has 2 nitrogen and oxygen atoms in total. The summed E-state index contributed by atoms with van der Waals surface area (Å²) in [6.45, 7) is 19.4. The van der Waals surface area contributed by atoms with Crippen LogP contribution in [0.1, 0.15) is 84.2 Å². The molecule has 2 unspecified atom stereocenters. The first-order chi connectivity index (χ1) is 15.9. The summed E-state index contributed by atoms with van der Waals surface area (Å²) in [6, 6.07) is 8.26. The van der Waals surface area contributed by atoms with E-state index in [1.807, 2.05) is 6.08 Å². The molecule has 1 aromatic heterocycles. The summed E-state index contributed by atoms with van der Waals surface area (Å²) in [7, 11) is 0. The van der Waals surface area contributed by atoms with E-state index in [4.69, 9.17) is 0 Å². The van der Waals surface area contributed by atoms with Crippen LogP contribution >= 0.6 is 0 Å². The van der Waals surface area contributed by atoms with Gasteiger partial charge in [0.25, 0.3) is 0 Å². The highest BCUT2D eigenvalue weighted by Crippen LogP contribution is 2.46. The molecule has 1 aliphatic heterocycles. The molecule has 0 radical (unpaired) electrons. The summed E-state index contributed by atoms with van der Waals surface area (Å²) in [4.78, 5) is 2.46. The van der Waals surface area contributed by atoms with Gasteiger partial charge < -0.3 is 9.47 Å². The Morgan fingerprint density at radius 2 is 1.62 bits per heavy atom. The molecule has 2 heterocycles. The Bertz CT molecular complexity index is 1130. The van der Waals surface area contributed by atoms with Crippen molar-refractivity contribution in [3.8, 4) is 5.69 Å². The monoisotopic (exact) mass is 460 g/mol. The van der Waals surface area contributed by atoms with Gasteiger partial charge in [-0.15, -0.1) is 0 Å². The number of aromatic nitrogens is 1. The third kappa shape index (κ3) is 4.54. The highest BCUT2D eigenvalue weighted by molar-refractivity contribution is 5.64. The molecule has 182 valence electrons. The molecule has 1 aromatic carbocycles. The average Bonchev–Trinajstić information content (AvgIpc) is 3.30. The number of aryl methyl sites for hydroxylation is 1. The average molecular weight is 461 g/mol. The largest absolute Gasteiger partial charge is 0.341 e. The number of benzene rings is 1.